The molecule has 208 valence electrons. The van der Waals surface area contributed by atoms with Gasteiger partial charge in [-0.25, -0.2) is 18.7 Å². The van der Waals surface area contributed by atoms with Crippen molar-refractivity contribution >= 4 is 23.3 Å². The molecule has 1 aromatic heterocycles. The molecule has 2 fully saturated rings. The molecule has 0 aliphatic heterocycles. The molecule has 2 aliphatic rings. The van der Waals surface area contributed by atoms with Gasteiger partial charge in [0.25, 0.3) is 0 Å². The van der Waals surface area contributed by atoms with Crippen LogP contribution in [0.15, 0.2) is 33.6 Å². The van der Waals surface area contributed by atoms with Crippen LogP contribution in [-0.2, 0) is 4.74 Å². The Labute approximate surface area is 229 Å². The number of nitrogens with two attached hydrogens (primary N) is 1. The van der Waals surface area contributed by atoms with Crippen LogP contribution in [0, 0.1) is 41.7 Å². The van der Waals surface area contributed by atoms with Crippen molar-refractivity contribution < 1.29 is 13.5 Å². The fourth-order valence-corrected chi connectivity index (χ4v) is 4.86. The molecule has 2 aromatic rings. The van der Waals surface area contributed by atoms with Crippen molar-refractivity contribution in [3.05, 3.63) is 41.1 Å². The minimum Gasteiger partial charge on any atom is -0.382 e. The molecule has 2 N–H and O–H groups in total. The number of benzene rings is 1. The number of aromatic nitrogens is 2. The van der Waals surface area contributed by atoms with Crippen LogP contribution in [0.2, 0.25) is 0 Å². The maximum Gasteiger partial charge on any atom is 0.189 e. The molecule has 0 spiro atoms. The van der Waals surface area contributed by atoms with Crippen LogP contribution in [-0.4, -0.2) is 35.5 Å². The molecule has 2 atom stereocenters. The molecular formula is C28H40F2N6OS. The van der Waals surface area contributed by atoms with E-state index in [1.54, 1.807) is 24.9 Å². The quantitative estimate of drug-likeness (QED) is 0.206. The Balaban J connectivity index is 0.000000203. The summed E-state index contributed by atoms with van der Waals surface area (Å²) in [4.78, 5) is 8.47. The molecule has 0 amide bonds. The van der Waals surface area contributed by atoms with Gasteiger partial charge in [0.1, 0.15) is 12.3 Å². The number of nitrogens with zero attached hydrogens (tertiary/aromatic N) is 5. The first-order valence-electron chi connectivity index (χ1n) is 13.2. The highest BCUT2D eigenvalue weighted by Crippen LogP contribution is 2.40. The zero-order valence-electron chi connectivity index (χ0n) is 23.1. The van der Waals surface area contributed by atoms with Gasteiger partial charge in [-0.05, 0) is 80.9 Å². The van der Waals surface area contributed by atoms with E-state index in [1.807, 2.05) is 13.0 Å². The maximum absolute atomic E-state index is 12.6. The van der Waals surface area contributed by atoms with E-state index < -0.39 is 11.6 Å². The number of hydrogen-bond acceptors (Lipinski definition) is 8. The first-order chi connectivity index (χ1) is 18.2. The molecule has 1 heterocycles. The lowest BCUT2D eigenvalue weighted by atomic mass is 9.95. The summed E-state index contributed by atoms with van der Waals surface area (Å²) in [6.45, 7) is 8.76. The smallest absolute Gasteiger partial charge is 0.189 e. The Bertz CT molecular complexity index is 1060. The number of hydrogen-bond donors (Lipinski definition) is 1. The third kappa shape index (κ3) is 10.6. The van der Waals surface area contributed by atoms with E-state index in [4.69, 9.17) is 15.7 Å². The lowest BCUT2D eigenvalue weighted by molar-refractivity contribution is 0.0777. The van der Waals surface area contributed by atoms with E-state index in [-0.39, 0.29) is 6.61 Å². The Morgan fingerprint density at radius 3 is 2.45 bits per heavy atom. The number of thioether (sulfide) groups is 1. The van der Waals surface area contributed by atoms with Crippen LogP contribution < -0.4 is 5.73 Å². The second kappa shape index (κ2) is 16.4. The van der Waals surface area contributed by atoms with Crippen molar-refractivity contribution in [2.45, 2.75) is 83.4 Å². The van der Waals surface area contributed by atoms with Gasteiger partial charge < -0.3 is 10.5 Å². The average Bonchev–Trinajstić information content (AvgIpc) is 3.63. The highest BCUT2D eigenvalue weighted by Gasteiger charge is 2.27. The molecule has 1 aromatic carbocycles. The highest BCUT2D eigenvalue weighted by molar-refractivity contribution is 7.99. The predicted octanol–water partition coefficient (Wildman–Crippen LogP) is 7.78. The maximum atomic E-state index is 12.6. The second-order valence-corrected chi connectivity index (χ2v) is 10.9. The van der Waals surface area contributed by atoms with Gasteiger partial charge >= 0.3 is 0 Å². The monoisotopic (exact) mass is 546 g/mol. The molecule has 38 heavy (non-hydrogen) atoms. The largest absolute Gasteiger partial charge is 0.382 e. The fourth-order valence-electron chi connectivity index (χ4n) is 4.11. The third-order valence-corrected chi connectivity index (χ3v) is 7.50. The first-order valence-corrected chi connectivity index (χ1v) is 14.2. The van der Waals surface area contributed by atoms with Crippen LogP contribution in [0.4, 0.5) is 20.3 Å². The molecule has 7 nitrogen and oxygen atoms in total. The number of nitriles is 1. The molecule has 4 rings (SSSR count). The van der Waals surface area contributed by atoms with Crippen molar-refractivity contribution in [3.8, 4) is 6.07 Å². The van der Waals surface area contributed by atoms with E-state index in [2.05, 4.69) is 41.0 Å². The van der Waals surface area contributed by atoms with E-state index in [0.717, 1.165) is 61.0 Å². The van der Waals surface area contributed by atoms with Crippen molar-refractivity contribution in [2.75, 3.05) is 25.1 Å². The van der Waals surface area contributed by atoms with Crippen molar-refractivity contribution in [1.29, 1.82) is 5.26 Å². The van der Waals surface area contributed by atoms with Gasteiger partial charge in [-0.1, -0.05) is 38.6 Å². The van der Waals surface area contributed by atoms with Gasteiger partial charge in [0.05, 0.1) is 17.9 Å². The number of nitrogen functional groups attached to an aromatic ring is 1. The summed E-state index contributed by atoms with van der Waals surface area (Å²) in [5.41, 5.74) is 8.03. The third-order valence-electron chi connectivity index (χ3n) is 6.44. The van der Waals surface area contributed by atoms with E-state index >= 15 is 0 Å². The summed E-state index contributed by atoms with van der Waals surface area (Å²) in [5.74, 6) is 1.98. The minimum atomic E-state index is -0.755. The summed E-state index contributed by atoms with van der Waals surface area (Å²) in [6.07, 6.45) is 7.24. The summed E-state index contributed by atoms with van der Waals surface area (Å²) in [6, 6.07) is 6.18. The zero-order chi connectivity index (χ0) is 28.1. The Hall–Kier alpha value is -2.64. The number of azo groups is 1. The second-order valence-electron chi connectivity index (χ2n) is 9.83. The van der Waals surface area contributed by atoms with Crippen LogP contribution in [0.25, 0.3) is 0 Å². The number of anilines is 1. The van der Waals surface area contributed by atoms with Gasteiger partial charge in [0.2, 0.25) is 0 Å². The fraction of sp³-hybridized carbons (Fsp3) is 0.607. The molecular weight excluding hydrogens is 506 g/mol. The Morgan fingerprint density at radius 2 is 1.92 bits per heavy atom. The minimum absolute atomic E-state index is 0.259. The number of halogens is 2. The number of rotatable bonds is 8. The molecule has 0 radical (unpaired) electrons. The van der Waals surface area contributed by atoms with Crippen LogP contribution in [0.1, 0.15) is 76.5 Å². The Kier molecular flexibility index (Phi) is 13.6. The summed E-state index contributed by atoms with van der Waals surface area (Å²) < 4.78 is 30.4. The number of ether oxygens (including phenoxy) is 1. The molecule has 10 heteroatoms. The van der Waals surface area contributed by atoms with E-state index in [1.165, 1.54) is 18.6 Å². The predicted molar refractivity (Wildman–Crippen MR) is 149 cm³/mol. The summed E-state index contributed by atoms with van der Waals surface area (Å²) >= 11 is 1.60. The van der Waals surface area contributed by atoms with E-state index in [0.29, 0.717) is 28.7 Å². The lowest BCUT2D eigenvalue weighted by Gasteiger charge is -2.13. The van der Waals surface area contributed by atoms with Gasteiger partial charge in [-0.2, -0.15) is 15.5 Å². The van der Waals surface area contributed by atoms with Gasteiger partial charge in [0, 0.05) is 12.8 Å². The molecule has 0 bridgehead atoms. The highest BCUT2D eigenvalue weighted by atomic mass is 32.2. The van der Waals surface area contributed by atoms with Crippen LogP contribution >= 0.6 is 11.8 Å². The normalized spacial score (nSPS) is 18.5. The SMILES string of the molecule is CC(C)C1CCC(OCC#N)C1.CCCSc1nc(C)c(N=NC)c(N)n1.Fc1ccc(C2CC2)cc1F. The lowest BCUT2D eigenvalue weighted by Crippen LogP contribution is -2.10. The number of aryl methyl sites for hydroxylation is 1. The molecule has 2 aliphatic carbocycles. The zero-order valence-corrected chi connectivity index (χ0v) is 23.9. The average molecular weight is 547 g/mol. The van der Waals surface area contributed by atoms with Crippen molar-refractivity contribution in [1.82, 2.24) is 9.97 Å². The summed E-state index contributed by atoms with van der Waals surface area (Å²) in [7, 11) is 1.60. The molecule has 2 unspecified atom stereocenters. The van der Waals surface area contributed by atoms with Crippen LogP contribution in [0.5, 0.6) is 0 Å². The topological polar surface area (TPSA) is 110 Å². The summed E-state index contributed by atoms with van der Waals surface area (Å²) in [5, 5.41) is 16.6. The Morgan fingerprint density at radius 1 is 1.18 bits per heavy atom. The standard InChI is InChI=1S/C10H17NO.C9H8F2.C9H15N5S/c1-8(2)9-3-4-10(7-9)12-6-5-11;10-8-4-3-7(5-9(8)11)6-1-2-6;1-4-5-15-9-12-6(2)7(14-11-3)8(10)13-9/h8-10H,3-4,6-7H2,1-2H3;3-6H,1-2H2;4-5H2,1-3H3,(H2,10,12,13). The van der Waals surface area contributed by atoms with E-state index in [9.17, 15) is 8.78 Å². The molecule has 0 saturated heterocycles. The van der Waals surface area contributed by atoms with Gasteiger partial charge in [0.15, 0.2) is 22.6 Å². The van der Waals surface area contributed by atoms with Crippen LogP contribution in [0.3, 0.4) is 0 Å². The molecule has 2 saturated carbocycles. The van der Waals surface area contributed by atoms with Gasteiger partial charge in [-0.15, -0.1) is 0 Å². The first kappa shape index (κ1) is 31.6. The van der Waals surface area contributed by atoms with Gasteiger partial charge in [-0.3, -0.25) is 0 Å². The van der Waals surface area contributed by atoms with Crippen molar-refractivity contribution in [3.63, 3.8) is 0 Å². The van der Waals surface area contributed by atoms with Crippen molar-refractivity contribution in [2.24, 2.45) is 22.1 Å².